The summed E-state index contributed by atoms with van der Waals surface area (Å²) in [5.74, 6) is -1.77. The van der Waals surface area contributed by atoms with Gasteiger partial charge in [-0.1, -0.05) is 30.3 Å². The summed E-state index contributed by atoms with van der Waals surface area (Å²) in [4.78, 5) is 28.8. The van der Waals surface area contributed by atoms with Crippen molar-refractivity contribution in [2.45, 2.75) is 31.3 Å². The molecule has 1 aromatic rings. The minimum absolute atomic E-state index is 0.140. The van der Waals surface area contributed by atoms with Gasteiger partial charge in [0, 0.05) is 12.8 Å². The minimum atomic E-state index is -0.838. The Morgan fingerprint density at radius 1 is 1.26 bits per heavy atom. The van der Waals surface area contributed by atoms with Crippen LogP contribution in [0.3, 0.4) is 0 Å². The van der Waals surface area contributed by atoms with Crippen molar-refractivity contribution in [3.8, 4) is 0 Å². The van der Waals surface area contributed by atoms with Gasteiger partial charge in [0.05, 0.1) is 19.6 Å². The van der Waals surface area contributed by atoms with Gasteiger partial charge in [-0.2, -0.15) is 5.48 Å². The summed E-state index contributed by atoms with van der Waals surface area (Å²) < 4.78 is 15.5. The molecule has 23 heavy (non-hydrogen) atoms. The number of ether oxygens (including phenoxy) is 3. The molecule has 2 aliphatic rings. The topological polar surface area (TPSA) is 83.1 Å². The number of hydroxylamine groups is 1. The fraction of sp³-hybridized carbons (Fsp3) is 0.500. The Kier molecular flexibility index (Phi) is 4.61. The normalized spacial score (nSPS) is 29.6. The zero-order valence-corrected chi connectivity index (χ0v) is 12.8. The van der Waals surface area contributed by atoms with Crippen LogP contribution in [0, 0.1) is 5.92 Å². The highest BCUT2D eigenvalue weighted by atomic mass is 16.8. The predicted octanol–water partition coefficient (Wildman–Crippen LogP) is 0.929. The molecule has 3 rings (SSSR count). The van der Waals surface area contributed by atoms with Crippen molar-refractivity contribution in [3.05, 3.63) is 35.9 Å². The Bertz CT molecular complexity index is 559. The maximum Gasteiger partial charge on any atom is 0.328 e. The van der Waals surface area contributed by atoms with Crippen molar-refractivity contribution in [1.82, 2.24) is 5.48 Å². The molecule has 0 amide bonds. The SMILES string of the molecule is COC(=O)C1CC2(C1)OC[C@@H](C(=O)OCc1ccccc1)NO2. The molecule has 7 heteroatoms. The summed E-state index contributed by atoms with van der Waals surface area (Å²) in [6, 6.07) is 8.74. The molecular formula is C16H19NO6. The molecule has 0 radical (unpaired) electrons. The first-order chi connectivity index (χ1) is 11.1. The summed E-state index contributed by atoms with van der Waals surface area (Å²) in [6.45, 7) is 0.342. The van der Waals surface area contributed by atoms with Gasteiger partial charge < -0.3 is 14.2 Å². The van der Waals surface area contributed by atoms with Crippen LogP contribution in [0.5, 0.6) is 0 Å². The number of methoxy groups -OCH3 is 1. The van der Waals surface area contributed by atoms with Gasteiger partial charge >= 0.3 is 11.9 Å². The molecule has 1 aromatic carbocycles. The van der Waals surface area contributed by atoms with E-state index in [4.69, 9.17) is 14.3 Å². The summed E-state index contributed by atoms with van der Waals surface area (Å²) in [5.41, 5.74) is 3.59. The molecule has 1 aliphatic carbocycles. The lowest BCUT2D eigenvalue weighted by atomic mass is 9.78. The lowest BCUT2D eigenvalue weighted by molar-refractivity contribution is -0.352. The van der Waals surface area contributed by atoms with Crippen molar-refractivity contribution >= 4 is 11.9 Å². The van der Waals surface area contributed by atoms with E-state index in [2.05, 4.69) is 10.2 Å². The lowest BCUT2D eigenvalue weighted by Gasteiger charge is -2.48. The maximum absolute atomic E-state index is 12.0. The van der Waals surface area contributed by atoms with Gasteiger partial charge in [-0.3, -0.25) is 14.4 Å². The maximum atomic E-state index is 12.0. The van der Waals surface area contributed by atoms with Gasteiger partial charge in [-0.25, -0.2) is 0 Å². The number of hydrogen-bond acceptors (Lipinski definition) is 7. The second-order valence-corrected chi connectivity index (χ2v) is 5.72. The van der Waals surface area contributed by atoms with Crippen LogP contribution in [0.15, 0.2) is 30.3 Å². The first-order valence-electron chi connectivity index (χ1n) is 7.48. The van der Waals surface area contributed by atoms with Crippen LogP contribution >= 0.6 is 0 Å². The summed E-state index contributed by atoms with van der Waals surface area (Å²) in [7, 11) is 1.35. The van der Waals surface area contributed by atoms with E-state index in [1.807, 2.05) is 30.3 Å². The molecule has 2 fully saturated rings. The summed E-state index contributed by atoms with van der Waals surface area (Å²) in [5, 5.41) is 0. The second-order valence-electron chi connectivity index (χ2n) is 5.72. The Balaban J connectivity index is 1.42. The minimum Gasteiger partial charge on any atom is -0.469 e. The molecule has 1 spiro atoms. The van der Waals surface area contributed by atoms with Crippen molar-refractivity contribution in [2.24, 2.45) is 5.92 Å². The molecule has 0 bridgehead atoms. The van der Waals surface area contributed by atoms with Gasteiger partial charge in [0.25, 0.3) is 0 Å². The predicted molar refractivity (Wildman–Crippen MR) is 77.7 cm³/mol. The van der Waals surface area contributed by atoms with E-state index in [0.717, 1.165) is 5.56 Å². The Morgan fingerprint density at radius 3 is 2.61 bits per heavy atom. The van der Waals surface area contributed by atoms with E-state index in [9.17, 15) is 9.59 Å². The van der Waals surface area contributed by atoms with Crippen LogP contribution in [-0.2, 0) is 35.2 Å². The summed E-state index contributed by atoms with van der Waals surface area (Å²) >= 11 is 0. The average Bonchev–Trinajstić information content (AvgIpc) is 2.58. The standard InChI is InChI=1S/C16H19NO6/c1-20-14(18)12-7-16(8-12)22-10-13(17-23-16)15(19)21-9-11-5-3-2-4-6-11/h2-6,12-13,17H,7-10H2,1H3/t12?,13-,16?/m0/s1. The fourth-order valence-corrected chi connectivity index (χ4v) is 2.65. The van der Waals surface area contributed by atoms with E-state index in [1.165, 1.54) is 7.11 Å². The van der Waals surface area contributed by atoms with E-state index >= 15 is 0 Å². The molecule has 1 saturated carbocycles. The van der Waals surface area contributed by atoms with Gasteiger partial charge in [-0.15, -0.1) is 0 Å². The smallest absolute Gasteiger partial charge is 0.328 e. The average molecular weight is 321 g/mol. The first-order valence-corrected chi connectivity index (χ1v) is 7.48. The van der Waals surface area contributed by atoms with E-state index in [-0.39, 0.29) is 25.1 Å². The van der Waals surface area contributed by atoms with Crippen LogP contribution in [0.4, 0.5) is 0 Å². The third kappa shape index (κ3) is 3.52. The molecule has 1 heterocycles. The lowest BCUT2D eigenvalue weighted by Crippen LogP contribution is -2.61. The molecule has 1 atom stereocenters. The molecule has 1 saturated heterocycles. The molecule has 1 aliphatic heterocycles. The monoisotopic (exact) mass is 321 g/mol. The van der Waals surface area contributed by atoms with Gasteiger partial charge in [0.15, 0.2) is 11.8 Å². The van der Waals surface area contributed by atoms with Gasteiger partial charge in [-0.05, 0) is 5.56 Å². The van der Waals surface area contributed by atoms with Crippen LogP contribution in [-0.4, -0.2) is 37.5 Å². The van der Waals surface area contributed by atoms with Crippen molar-refractivity contribution in [3.63, 3.8) is 0 Å². The zero-order valence-electron chi connectivity index (χ0n) is 12.8. The van der Waals surface area contributed by atoms with Crippen LogP contribution in [0.2, 0.25) is 0 Å². The van der Waals surface area contributed by atoms with Gasteiger partial charge in [0.1, 0.15) is 6.61 Å². The highest BCUT2D eigenvalue weighted by molar-refractivity contribution is 5.76. The van der Waals surface area contributed by atoms with Crippen LogP contribution < -0.4 is 5.48 Å². The third-order valence-electron chi connectivity index (χ3n) is 4.06. The fourth-order valence-electron chi connectivity index (χ4n) is 2.65. The third-order valence-corrected chi connectivity index (χ3v) is 4.06. The van der Waals surface area contributed by atoms with Crippen molar-refractivity contribution in [1.29, 1.82) is 0 Å². The first kappa shape index (κ1) is 15.9. The Hall–Kier alpha value is -1.96. The van der Waals surface area contributed by atoms with E-state index in [0.29, 0.717) is 12.8 Å². The number of esters is 2. The van der Waals surface area contributed by atoms with E-state index in [1.54, 1.807) is 0 Å². The Labute approximate surface area is 133 Å². The number of benzene rings is 1. The molecule has 1 N–H and O–H groups in total. The molecule has 124 valence electrons. The molecule has 7 nitrogen and oxygen atoms in total. The number of nitrogens with one attached hydrogen (secondary N) is 1. The largest absolute Gasteiger partial charge is 0.469 e. The highest BCUT2D eigenvalue weighted by Crippen LogP contribution is 2.43. The van der Waals surface area contributed by atoms with E-state index < -0.39 is 17.8 Å². The number of hydrogen-bond donors (Lipinski definition) is 1. The number of carbonyl (C=O) groups excluding carboxylic acids is 2. The Morgan fingerprint density at radius 2 is 2.00 bits per heavy atom. The van der Waals surface area contributed by atoms with Gasteiger partial charge in [0.2, 0.25) is 0 Å². The second kappa shape index (κ2) is 6.66. The zero-order chi connectivity index (χ0) is 16.3. The quantitative estimate of drug-likeness (QED) is 0.826. The van der Waals surface area contributed by atoms with Crippen LogP contribution in [0.1, 0.15) is 18.4 Å². The molecular weight excluding hydrogens is 302 g/mol. The van der Waals surface area contributed by atoms with Crippen LogP contribution in [0.25, 0.3) is 0 Å². The molecule has 0 unspecified atom stereocenters. The summed E-state index contributed by atoms with van der Waals surface area (Å²) in [6.07, 6.45) is 0.830. The highest BCUT2D eigenvalue weighted by Gasteiger charge is 2.53. The number of carbonyl (C=O) groups is 2. The van der Waals surface area contributed by atoms with Crippen molar-refractivity contribution < 1.29 is 28.6 Å². The number of rotatable bonds is 4. The molecule has 0 aromatic heterocycles. The van der Waals surface area contributed by atoms with Crippen molar-refractivity contribution in [2.75, 3.05) is 13.7 Å².